The molecule has 0 heterocycles. The Balaban J connectivity index is 0.00000290. The van der Waals surface area contributed by atoms with Crippen molar-refractivity contribution in [2.75, 3.05) is 21.5 Å². The molecule has 0 saturated carbocycles. The van der Waals surface area contributed by atoms with Crippen LogP contribution in [-0.4, -0.2) is 67.9 Å². The van der Waals surface area contributed by atoms with E-state index in [0.29, 0.717) is 16.5 Å². The van der Waals surface area contributed by atoms with Crippen molar-refractivity contribution >= 4 is 105 Å². The van der Waals surface area contributed by atoms with Crippen molar-refractivity contribution in [2.45, 2.75) is 18.7 Å². The number of urea groups is 1. The average molecular weight is 937 g/mol. The number of benzene rings is 5. The molecule has 0 bridgehead atoms. The minimum Gasteiger partial charge on any atom is -0.744 e. The van der Waals surface area contributed by atoms with Crippen LogP contribution in [0.4, 0.5) is 27.5 Å². The van der Waals surface area contributed by atoms with Gasteiger partial charge in [0.15, 0.2) is 0 Å². The van der Waals surface area contributed by atoms with Crippen molar-refractivity contribution in [1.82, 2.24) is 0 Å². The standard InChI is InChI=1S/C39H30N6O12S3.3Na/c1-20-3-12-32(21(2)13-20)43-45-36-34(60(55,56)57)19-25-16-27(8-11-31(25)38(36)47)41-39(48)40-26-7-10-30-24(15-26)18-33(59(52,53)54)35(37(30)46)44-42-28-6-4-23-17-29(58(49,50)51)9-5-22(23)14-28;;;/h3-19,42-43H,1-2H3,(H2,40,41,48)(H,49,50,51)(H,52,53,54)(H,55,56,57);;;/q;3*+1/p-3/b44-35+,45-36-;;;. The molecule has 18 nitrogen and oxygen atoms in total. The van der Waals surface area contributed by atoms with E-state index in [-0.39, 0.29) is 128 Å². The second-order valence-electron chi connectivity index (χ2n) is 13.4. The summed E-state index contributed by atoms with van der Waals surface area (Å²) in [4.78, 5) is 37.6. The summed E-state index contributed by atoms with van der Waals surface area (Å²) >= 11 is 0. The fourth-order valence-corrected chi connectivity index (χ4v) is 8.14. The molecule has 0 fully saturated rings. The Hall–Kier alpha value is -3.88. The zero-order valence-electron chi connectivity index (χ0n) is 33.8. The van der Waals surface area contributed by atoms with Gasteiger partial charge in [-0.25, -0.2) is 30.0 Å². The largest absolute Gasteiger partial charge is 1.00 e. The number of allylic oxidation sites excluding steroid dienone is 2. The summed E-state index contributed by atoms with van der Waals surface area (Å²) in [6.45, 7) is 3.65. The Morgan fingerprint density at radius 3 is 1.51 bits per heavy atom. The van der Waals surface area contributed by atoms with E-state index in [2.05, 4.69) is 31.7 Å². The quantitative estimate of drug-likeness (QED) is 0.0625. The Labute approximate surface area is 426 Å². The van der Waals surface area contributed by atoms with Crippen LogP contribution in [-0.2, 0) is 30.4 Å². The Morgan fingerprint density at radius 1 is 0.540 bits per heavy atom. The average Bonchev–Trinajstić information content (AvgIpc) is 3.16. The molecule has 7 rings (SSSR count). The van der Waals surface area contributed by atoms with Crippen LogP contribution in [0.1, 0.15) is 43.0 Å². The molecule has 5 aromatic carbocycles. The van der Waals surface area contributed by atoms with E-state index in [1.165, 1.54) is 66.7 Å². The molecule has 0 saturated heterocycles. The maximum absolute atomic E-state index is 13.5. The summed E-state index contributed by atoms with van der Waals surface area (Å²) in [5.74, 6) is -1.80. The van der Waals surface area contributed by atoms with Gasteiger partial charge in [0, 0.05) is 22.5 Å². The maximum atomic E-state index is 13.5. The molecule has 0 spiro atoms. The van der Waals surface area contributed by atoms with Crippen LogP contribution < -0.4 is 110 Å². The summed E-state index contributed by atoms with van der Waals surface area (Å²) < 4.78 is 108. The van der Waals surface area contributed by atoms with Crippen molar-refractivity contribution in [3.8, 4) is 0 Å². The predicted molar refractivity (Wildman–Crippen MR) is 219 cm³/mol. The fourth-order valence-electron chi connectivity index (χ4n) is 6.34. The number of carbonyl (C=O) groups excluding carboxylic acids is 3. The number of hydrogen-bond donors (Lipinski definition) is 4. The molecule has 4 N–H and O–H groups in total. The van der Waals surface area contributed by atoms with Crippen LogP contribution in [0.5, 0.6) is 0 Å². The van der Waals surface area contributed by atoms with Gasteiger partial charge in [0.1, 0.15) is 41.8 Å². The van der Waals surface area contributed by atoms with Crippen molar-refractivity contribution in [1.29, 1.82) is 0 Å². The summed E-state index contributed by atoms with van der Waals surface area (Å²) in [6, 6.07) is 20.1. The molecule has 2 amide bonds. The van der Waals surface area contributed by atoms with E-state index in [0.717, 1.165) is 29.3 Å². The number of aryl methyl sites for hydroxylation is 2. The van der Waals surface area contributed by atoms with Gasteiger partial charge in [0.05, 0.1) is 26.1 Å². The monoisotopic (exact) mass is 936 g/mol. The molecule has 0 unspecified atom stereocenters. The van der Waals surface area contributed by atoms with Crippen LogP contribution in [0.3, 0.4) is 0 Å². The first-order chi connectivity index (χ1) is 28.2. The van der Waals surface area contributed by atoms with E-state index in [9.17, 15) is 53.3 Å². The van der Waals surface area contributed by atoms with Gasteiger partial charge in [0.25, 0.3) is 0 Å². The topological polar surface area (TPSA) is 296 Å². The number of nitrogens with one attached hydrogen (secondary N) is 4. The molecular formula is C39H27N6Na3O12S3. The Kier molecular flexibility index (Phi) is 16.5. The van der Waals surface area contributed by atoms with E-state index in [1.807, 2.05) is 13.0 Å². The summed E-state index contributed by atoms with van der Waals surface area (Å²) in [5.41, 5.74) is 6.23. The van der Waals surface area contributed by atoms with Gasteiger partial charge in [-0.15, -0.1) is 0 Å². The number of fused-ring (bicyclic) bond motifs is 3. The molecule has 2 aliphatic rings. The van der Waals surface area contributed by atoms with E-state index < -0.39 is 74.1 Å². The number of ketones is 2. The fraction of sp³-hybridized carbons (Fsp3) is 0.0513. The molecular weight excluding hydrogens is 910 g/mol. The number of carbonyl (C=O) groups is 3. The van der Waals surface area contributed by atoms with Crippen LogP contribution >= 0.6 is 0 Å². The van der Waals surface area contributed by atoms with E-state index >= 15 is 0 Å². The smallest absolute Gasteiger partial charge is 0.744 e. The third-order valence-electron chi connectivity index (χ3n) is 9.18. The summed E-state index contributed by atoms with van der Waals surface area (Å²) in [7, 11) is -15.2. The molecule has 0 atom stereocenters. The SMILES string of the molecule is Cc1ccc(N/N=C2\C(=O)c3ccc(NC(=O)Nc4ccc5c(c4)C=C(S(=O)(=O)[O-])/C(=N\Nc4ccc6cc(S(=O)(=O)[O-])ccc6c4)C5=O)cc3C=C2S(=O)(=O)[O-])c(C)c1.[Na+].[Na+].[Na+]. The van der Waals surface area contributed by atoms with Crippen molar-refractivity contribution in [2.24, 2.45) is 10.2 Å². The molecule has 0 aromatic heterocycles. The van der Waals surface area contributed by atoms with Crippen molar-refractivity contribution in [3.63, 3.8) is 0 Å². The van der Waals surface area contributed by atoms with Gasteiger partial charge in [-0.1, -0.05) is 29.8 Å². The van der Waals surface area contributed by atoms with Gasteiger partial charge in [-0.2, -0.15) is 10.2 Å². The Bertz CT molecular complexity index is 3230. The first-order valence-corrected chi connectivity index (χ1v) is 21.4. The summed E-state index contributed by atoms with van der Waals surface area (Å²) in [6.07, 6.45) is 1.88. The van der Waals surface area contributed by atoms with E-state index in [4.69, 9.17) is 0 Å². The molecule has 0 aliphatic heterocycles. The molecule has 5 aromatic rings. The minimum absolute atomic E-state index is 0. The molecule has 306 valence electrons. The maximum Gasteiger partial charge on any atom is 1.00 e. The number of hydrazone groups is 2. The third-order valence-corrected chi connectivity index (χ3v) is 11.7. The van der Waals surface area contributed by atoms with Gasteiger partial charge in [-0.05, 0) is 120 Å². The van der Waals surface area contributed by atoms with Gasteiger partial charge < -0.3 is 24.3 Å². The zero-order valence-corrected chi connectivity index (χ0v) is 42.3. The number of Topliss-reactive ketones (excluding diaryl/α,β-unsaturated/α-hetero) is 2. The van der Waals surface area contributed by atoms with Crippen molar-refractivity contribution in [3.05, 3.63) is 134 Å². The van der Waals surface area contributed by atoms with Gasteiger partial charge >= 0.3 is 94.7 Å². The number of hydrogen-bond acceptors (Lipinski definition) is 16. The summed E-state index contributed by atoms with van der Waals surface area (Å²) in [5, 5.41) is 13.7. The molecule has 0 radical (unpaired) electrons. The predicted octanol–water partition coefficient (Wildman–Crippen LogP) is -3.88. The van der Waals surface area contributed by atoms with Crippen LogP contribution in [0.25, 0.3) is 22.9 Å². The zero-order chi connectivity index (χ0) is 43.3. The Morgan fingerprint density at radius 2 is 1.02 bits per heavy atom. The van der Waals surface area contributed by atoms with Gasteiger partial charge in [0.2, 0.25) is 11.6 Å². The normalized spacial score (nSPS) is 14.8. The second-order valence-corrected chi connectivity index (χ2v) is 17.5. The van der Waals surface area contributed by atoms with Crippen molar-refractivity contribution < 1.29 is 142 Å². The molecule has 24 heteroatoms. The van der Waals surface area contributed by atoms with E-state index in [1.54, 1.807) is 19.1 Å². The number of amides is 2. The first kappa shape index (κ1) is 51.8. The number of nitrogens with zero attached hydrogens (tertiary/aromatic N) is 2. The third kappa shape index (κ3) is 11.7. The van der Waals surface area contributed by atoms with Crippen LogP contribution in [0, 0.1) is 13.8 Å². The second kappa shape index (κ2) is 20.1. The number of anilines is 4. The molecule has 63 heavy (non-hydrogen) atoms. The van der Waals surface area contributed by atoms with Gasteiger partial charge in [-0.3, -0.25) is 20.4 Å². The number of rotatable bonds is 9. The minimum atomic E-state index is -5.30. The molecule has 2 aliphatic carbocycles. The van der Waals surface area contributed by atoms with Crippen LogP contribution in [0.15, 0.2) is 116 Å². The van der Waals surface area contributed by atoms with Crippen LogP contribution in [0.2, 0.25) is 0 Å². The first-order valence-electron chi connectivity index (χ1n) is 17.2.